The fourth-order valence-corrected chi connectivity index (χ4v) is 4.77. The molecule has 0 radical (unpaired) electrons. The van der Waals surface area contributed by atoms with Gasteiger partial charge in [0.2, 0.25) is 0 Å². The molecule has 3 fully saturated rings. The number of imidazole rings is 1. The fourth-order valence-electron chi connectivity index (χ4n) is 4.77. The summed E-state index contributed by atoms with van der Waals surface area (Å²) in [5.74, 6) is 0.322. The smallest absolute Gasteiger partial charge is 0.167 e. The molecule has 10 nitrogen and oxygen atoms in total. The minimum atomic E-state index is -0.667. The second-order valence-electron chi connectivity index (χ2n) is 8.88. The first-order valence-electron chi connectivity index (χ1n) is 10.2. The fraction of sp³-hybridized carbons (Fsp3) is 0.737. The summed E-state index contributed by atoms with van der Waals surface area (Å²) in [5.41, 5.74) is 12.9. The second-order valence-corrected chi connectivity index (χ2v) is 8.88. The molecule has 29 heavy (non-hydrogen) atoms. The highest BCUT2D eigenvalue weighted by atomic mass is 16.8. The van der Waals surface area contributed by atoms with Crippen molar-refractivity contribution in [1.29, 1.82) is 0 Å². The van der Waals surface area contributed by atoms with E-state index in [4.69, 9.17) is 25.7 Å². The van der Waals surface area contributed by atoms with E-state index in [1.54, 1.807) is 6.33 Å². The molecule has 0 aromatic carbocycles. The van der Waals surface area contributed by atoms with Crippen LogP contribution >= 0.6 is 0 Å². The number of anilines is 1. The van der Waals surface area contributed by atoms with Gasteiger partial charge in [0, 0.05) is 12.6 Å². The number of hydrogen-bond donors (Lipinski definition) is 2. The van der Waals surface area contributed by atoms with Gasteiger partial charge in [0.1, 0.15) is 30.2 Å². The van der Waals surface area contributed by atoms with Crippen LogP contribution in [0.2, 0.25) is 0 Å². The Balaban J connectivity index is 1.39. The minimum absolute atomic E-state index is 0.120. The molecule has 2 aliphatic heterocycles. The first-order valence-corrected chi connectivity index (χ1v) is 10.2. The zero-order chi connectivity index (χ0) is 20.3. The number of nitrogens with zero attached hydrogens (tertiary/aromatic N) is 5. The molecule has 0 spiro atoms. The minimum Gasteiger partial charge on any atom is -0.382 e. The highest BCUT2D eigenvalue weighted by molar-refractivity contribution is 5.81. The zero-order valence-electron chi connectivity index (χ0n) is 17.1. The van der Waals surface area contributed by atoms with E-state index in [-0.39, 0.29) is 18.3 Å². The average Bonchev–Trinajstić information content (AvgIpc) is 3.27. The Bertz CT molecular complexity index is 897. The number of fused-ring (bicyclic) bond motifs is 2. The molecule has 2 saturated heterocycles. The van der Waals surface area contributed by atoms with Crippen molar-refractivity contribution in [3.63, 3.8) is 0 Å². The SMILES string of the molecule is CN(C[C@H]1OC(n2cnc3c(N)ncnc32)[C@@H]2OC(C)(C)O[C@H]12)C1CC(CN)C1. The van der Waals surface area contributed by atoms with Crippen molar-refractivity contribution in [1.82, 2.24) is 24.4 Å². The zero-order valence-corrected chi connectivity index (χ0v) is 17.1. The first-order chi connectivity index (χ1) is 13.9. The Morgan fingerprint density at radius 3 is 2.72 bits per heavy atom. The Hall–Kier alpha value is -1.85. The van der Waals surface area contributed by atoms with Gasteiger partial charge >= 0.3 is 0 Å². The maximum absolute atomic E-state index is 6.46. The number of likely N-dealkylation sites (N-methyl/N-ethyl adjacent to an activating group) is 1. The number of ether oxygens (including phenoxy) is 3. The lowest BCUT2D eigenvalue weighted by atomic mass is 9.79. The van der Waals surface area contributed by atoms with Crippen LogP contribution in [0.5, 0.6) is 0 Å². The van der Waals surface area contributed by atoms with E-state index >= 15 is 0 Å². The average molecular weight is 403 g/mol. The van der Waals surface area contributed by atoms with Crippen LogP contribution in [0, 0.1) is 5.92 Å². The molecule has 0 amide bonds. The molecule has 3 aliphatic rings. The van der Waals surface area contributed by atoms with Gasteiger partial charge in [0.05, 0.1) is 6.33 Å². The normalized spacial score (nSPS) is 35.9. The second kappa shape index (κ2) is 6.85. The standard InChI is InChI=1S/C19H29N7O3/c1-19(2)28-14-12(7-25(3)11-4-10(5-11)6-20)27-18(15(14)29-19)26-9-24-13-16(21)22-8-23-17(13)26/h8-12,14-15,18H,4-7,20H2,1-3H3,(H2,21,22,23)/t10?,11?,12-,14-,15-,18?/m1/s1. The van der Waals surface area contributed by atoms with Gasteiger partial charge < -0.3 is 30.6 Å². The topological polar surface area (TPSA) is 127 Å². The maximum Gasteiger partial charge on any atom is 0.167 e. The molecule has 4 heterocycles. The van der Waals surface area contributed by atoms with E-state index in [0.29, 0.717) is 28.9 Å². The predicted molar refractivity (Wildman–Crippen MR) is 106 cm³/mol. The van der Waals surface area contributed by atoms with E-state index in [1.165, 1.54) is 6.33 Å². The van der Waals surface area contributed by atoms with Crippen molar-refractivity contribution in [2.24, 2.45) is 11.7 Å². The quantitative estimate of drug-likeness (QED) is 0.733. The predicted octanol–water partition coefficient (Wildman–Crippen LogP) is 0.495. The lowest BCUT2D eigenvalue weighted by Crippen LogP contribution is -2.49. The lowest BCUT2D eigenvalue weighted by Gasteiger charge is -2.42. The third kappa shape index (κ3) is 3.19. The molecule has 4 N–H and O–H groups in total. The molecule has 4 atom stereocenters. The summed E-state index contributed by atoms with van der Waals surface area (Å²) in [7, 11) is 2.14. The Kier molecular flexibility index (Phi) is 4.52. The van der Waals surface area contributed by atoms with E-state index in [1.807, 2.05) is 18.4 Å². The van der Waals surface area contributed by atoms with Gasteiger partial charge in [-0.2, -0.15) is 0 Å². The molecule has 1 unspecified atom stereocenters. The van der Waals surface area contributed by atoms with Crippen molar-refractivity contribution >= 4 is 17.0 Å². The largest absolute Gasteiger partial charge is 0.382 e. The van der Waals surface area contributed by atoms with Crippen molar-refractivity contribution in [2.45, 2.75) is 63.1 Å². The lowest BCUT2D eigenvalue weighted by molar-refractivity contribution is -0.198. The van der Waals surface area contributed by atoms with Crippen molar-refractivity contribution in [3.8, 4) is 0 Å². The molecular formula is C19H29N7O3. The summed E-state index contributed by atoms with van der Waals surface area (Å²) in [6, 6.07) is 0.543. The van der Waals surface area contributed by atoms with Crippen LogP contribution in [-0.4, -0.2) is 74.7 Å². The maximum atomic E-state index is 6.46. The van der Waals surface area contributed by atoms with E-state index in [2.05, 4.69) is 26.9 Å². The van der Waals surface area contributed by atoms with Gasteiger partial charge in [-0.3, -0.25) is 4.57 Å². The summed E-state index contributed by atoms with van der Waals surface area (Å²) in [6.45, 7) is 5.41. The van der Waals surface area contributed by atoms with Crippen LogP contribution in [0.3, 0.4) is 0 Å². The van der Waals surface area contributed by atoms with Crippen molar-refractivity contribution in [3.05, 3.63) is 12.7 Å². The van der Waals surface area contributed by atoms with Gasteiger partial charge in [-0.1, -0.05) is 0 Å². The van der Waals surface area contributed by atoms with Gasteiger partial charge in [0.25, 0.3) is 0 Å². The molecule has 5 rings (SSSR count). The molecule has 1 saturated carbocycles. The molecule has 1 aliphatic carbocycles. The Morgan fingerprint density at radius 1 is 1.21 bits per heavy atom. The number of nitrogens with two attached hydrogens (primary N) is 2. The molecule has 2 aromatic rings. The summed E-state index contributed by atoms with van der Waals surface area (Å²) < 4.78 is 20.8. The van der Waals surface area contributed by atoms with Crippen LogP contribution in [0.15, 0.2) is 12.7 Å². The summed E-state index contributed by atoms with van der Waals surface area (Å²) >= 11 is 0. The van der Waals surface area contributed by atoms with E-state index in [9.17, 15) is 0 Å². The first kappa shape index (κ1) is 19.1. The summed E-state index contributed by atoms with van der Waals surface area (Å²) in [4.78, 5) is 15.1. The monoisotopic (exact) mass is 403 g/mol. The van der Waals surface area contributed by atoms with E-state index < -0.39 is 12.0 Å². The highest BCUT2D eigenvalue weighted by Crippen LogP contribution is 2.44. The van der Waals surface area contributed by atoms with E-state index in [0.717, 1.165) is 25.9 Å². The van der Waals surface area contributed by atoms with Crippen molar-refractivity contribution < 1.29 is 14.2 Å². The summed E-state index contributed by atoms with van der Waals surface area (Å²) in [6.07, 6.45) is 4.48. The third-order valence-electron chi connectivity index (χ3n) is 6.42. The molecule has 0 bridgehead atoms. The molecule has 158 valence electrons. The molecular weight excluding hydrogens is 374 g/mol. The van der Waals surface area contributed by atoms with Crippen LogP contribution in [0.1, 0.15) is 32.9 Å². The van der Waals surface area contributed by atoms with Gasteiger partial charge in [-0.05, 0) is 46.2 Å². The third-order valence-corrected chi connectivity index (χ3v) is 6.42. The highest BCUT2D eigenvalue weighted by Gasteiger charge is 2.56. The number of aromatic nitrogens is 4. The Labute approximate surface area is 169 Å². The van der Waals surface area contributed by atoms with Gasteiger partial charge in [-0.15, -0.1) is 0 Å². The van der Waals surface area contributed by atoms with Crippen molar-refractivity contribution in [2.75, 3.05) is 25.9 Å². The van der Waals surface area contributed by atoms with Crippen LogP contribution in [0.4, 0.5) is 5.82 Å². The molecule has 10 heteroatoms. The number of hydrogen-bond acceptors (Lipinski definition) is 9. The van der Waals surface area contributed by atoms with Gasteiger partial charge in [-0.25, -0.2) is 15.0 Å². The van der Waals surface area contributed by atoms with Crippen LogP contribution in [0.25, 0.3) is 11.2 Å². The number of nitrogen functional groups attached to an aromatic ring is 1. The van der Waals surface area contributed by atoms with Crippen LogP contribution in [-0.2, 0) is 14.2 Å². The van der Waals surface area contributed by atoms with Gasteiger partial charge in [0.15, 0.2) is 23.5 Å². The molecule has 2 aromatic heterocycles. The number of rotatable bonds is 5. The Morgan fingerprint density at radius 2 is 1.97 bits per heavy atom. The summed E-state index contributed by atoms with van der Waals surface area (Å²) in [5, 5.41) is 0. The van der Waals surface area contributed by atoms with Crippen LogP contribution < -0.4 is 11.5 Å².